The minimum absolute atomic E-state index is 0.303. The summed E-state index contributed by atoms with van der Waals surface area (Å²) in [5.74, 6) is 0.602. The molecule has 1 N–H and O–H groups in total. The van der Waals surface area contributed by atoms with Gasteiger partial charge >= 0.3 is 0 Å². The van der Waals surface area contributed by atoms with Crippen LogP contribution in [0, 0.1) is 6.92 Å². The van der Waals surface area contributed by atoms with Gasteiger partial charge in [-0.2, -0.15) is 0 Å². The van der Waals surface area contributed by atoms with Crippen molar-refractivity contribution in [2.24, 2.45) is 5.16 Å². The van der Waals surface area contributed by atoms with Crippen molar-refractivity contribution in [3.63, 3.8) is 0 Å². The first-order valence-electron chi connectivity index (χ1n) is 5.08. The van der Waals surface area contributed by atoms with Crippen LogP contribution in [0.3, 0.4) is 0 Å². The molecule has 3 heteroatoms. The number of hydrogen-bond donors (Lipinski definition) is 1. The van der Waals surface area contributed by atoms with E-state index in [2.05, 4.69) is 19.0 Å². The molecule has 1 rings (SSSR count). The van der Waals surface area contributed by atoms with Crippen molar-refractivity contribution >= 4 is 5.84 Å². The lowest BCUT2D eigenvalue weighted by Crippen LogP contribution is -2.33. The van der Waals surface area contributed by atoms with Crippen LogP contribution in [0.25, 0.3) is 0 Å². The Hall–Kier alpha value is -1.51. The van der Waals surface area contributed by atoms with Crippen LogP contribution in [0.4, 0.5) is 0 Å². The standard InChI is InChI=1S/C12H18N2O/c1-9(2)14(4)12(13-15)11-7-5-10(3)6-8-11/h5-9,15H,1-4H3/b13-12+. The molecule has 0 aliphatic rings. The molecule has 0 saturated heterocycles. The Kier molecular flexibility index (Phi) is 3.72. The summed E-state index contributed by atoms with van der Waals surface area (Å²) in [5.41, 5.74) is 2.13. The highest BCUT2D eigenvalue weighted by atomic mass is 16.4. The Bertz CT molecular complexity index is 341. The van der Waals surface area contributed by atoms with Crippen molar-refractivity contribution in [2.75, 3.05) is 7.05 Å². The first-order valence-corrected chi connectivity index (χ1v) is 5.08. The molecule has 0 aliphatic carbocycles. The molecule has 0 unspecified atom stereocenters. The highest BCUT2D eigenvalue weighted by Gasteiger charge is 2.12. The van der Waals surface area contributed by atoms with E-state index in [9.17, 15) is 0 Å². The summed E-state index contributed by atoms with van der Waals surface area (Å²) >= 11 is 0. The minimum atomic E-state index is 0.303. The predicted molar refractivity (Wildman–Crippen MR) is 62.4 cm³/mol. The molecular weight excluding hydrogens is 188 g/mol. The monoisotopic (exact) mass is 206 g/mol. The number of amidine groups is 1. The van der Waals surface area contributed by atoms with E-state index in [-0.39, 0.29) is 0 Å². The smallest absolute Gasteiger partial charge is 0.175 e. The maximum absolute atomic E-state index is 9.01. The molecule has 0 atom stereocenters. The molecule has 0 spiro atoms. The maximum atomic E-state index is 9.01. The predicted octanol–water partition coefficient (Wildman–Crippen LogP) is 2.47. The normalized spacial score (nSPS) is 11.9. The Morgan fingerprint density at radius 2 is 1.80 bits per heavy atom. The van der Waals surface area contributed by atoms with E-state index >= 15 is 0 Å². The number of aryl methyl sites for hydroxylation is 1. The first-order chi connectivity index (χ1) is 7.06. The van der Waals surface area contributed by atoms with Gasteiger partial charge in [0.15, 0.2) is 5.84 Å². The van der Waals surface area contributed by atoms with Crippen LogP contribution in [-0.4, -0.2) is 29.0 Å². The van der Waals surface area contributed by atoms with Crippen LogP contribution in [0.1, 0.15) is 25.0 Å². The lowest BCUT2D eigenvalue weighted by Gasteiger charge is -2.24. The average molecular weight is 206 g/mol. The third-order valence-corrected chi connectivity index (χ3v) is 2.51. The quantitative estimate of drug-likeness (QED) is 0.349. The second-order valence-electron chi connectivity index (χ2n) is 3.99. The molecule has 1 aromatic carbocycles. The molecule has 0 heterocycles. The number of rotatable bonds is 2. The van der Waals surface area contributed by atoms with E-state index in [1.165, 1.54) is 5.56 Å². The summed E-state index contributed by atoms with van der Waals surface area (Å²) in [6.07, 6.45) is 0. The van der Waals surface area contributed by atoms with Crippen LogP contribution in [0.2, 0.25) is 0 Å². The fourth-order valence-corrected chi connectivity index (χ4v) is 1.28. The molecule has 0 fully saturated rings. The van der Waals surface area contributed by atoms with Crippen molar-refractivity contribution in [1.29, 1.82) is 0 Å². The van der Waals surface area contributed by atoms with Crippen LogP contribution in [0.15, 0.2) is 29.4 Å². The largest absolute Gasteiger partial charge is 0.409 e. The summed E-state index contributed by atoms with van der Waals surface area (Å²) in [6.45, 7) is 6.14. The van der Waals surface area contributed by atoms with Crippen LogP contribution in [-0.2, 0) is 0 Å². The van der Waals surface area contributed by atoms with E-state index in [1.54, 1.807) is 0 Å². The second-order valence-corrected chi connectivity index (χ2v) is 3.99. The van der Waals surface area contributed by atoms with E-state index in [1.807, 2.05) is 43.1 Å². The van der Waals surface area contributed by atoms with Crippen molar-refractivity contribution in [3.8, 4) is 0 Å². The molecule has 1 aromatic rings. The minimum Gasteiger partial charge on any atom is -0.409 e. The zero-order chi connectivity index (χ0) is 11.4. The van der Waals surface area contributed by atoms with Gasteiger partial charge in [-0.15, -0.1) is 0 Å². The fraction of sp³-hybridized carbons (Fsp3) is 0.417. The molecule has 0 bridgehead atoms. The first kappa shape index (κ1) is 11.6. The summed E-state index contributed by atoms with van der Waals surface area (Å²) < 4.78 is 0. The lowest BCUT2D eigenvalue weighted by atomic mass is 10.1. The molecule has 3 nitrogen and oxygen atoms in total. The van der Waals surface area contributed by atoms with Gasteiger partial charge in [0.1, 0.15) is 0 Å². The molecule has 15 heavy (non-hydrogen) atoms. The van der Waals surface area contributed by atoms with E-state index in [0.29, 0.717) is 11.9 Å². The van der Waals surface area contributed by atoms with Gasteiger partial charge in [0.2, 0.25) is 0 Å². The van der Waals surface area contributed by atoms with Crippen molar-refractivity contribution in [1.82, 2.24) is 4.90 Å². The molecular formula is C12H18N2O. The van der Waals surface area contributed by atoms with Crippen LogP contribution in [0.5, 0.6) is 0 Å². The Balaban J connectivity index is 2.99. The molecule has 0 amide bonds. The average Bonchev–Trinajstić information content (AvgIpc) is 2.21. The summed E-state index contributed by atoms with van der Waals surface area (Å²) in [6, 6.07) is 8.24. The highest BCUT2D eigenvalue weighted by Crippen LogP contribution is 2.09. The van der Waals surface area contributed by atoms with E-state index in [4.69, 9.17) is 5.21 Å². The topological polar surface area (TPSA) is 35.8 Å². The third kappa shape index (κ3) is 2.72. The van der Waals surface area contributed by atoms with Gasteiger partial charge in [-0.1, -0.05) is 35.0 Å². The van der Waals surface area contributed by atoms with Gasteiger partial charge in [-0.25, -0.2) is 0 Å². The Labute approximate surface area is 91.0 Å². The van der Waals surface area contributed by atoms with Gasteiger partial charge in [-0.05, 0) is 20.8 Å². The number of nitrogens with zero attached hydrogens (tertiary/aromatic N) is 2. The van der Waals surface area contributed by atoms with Crippen LogP contribution >= 0.6 is 0 Å². The molecule has 0 aromatic heterocycles. The van der Waals surface area contributed by atoms with Gasteiger partial charge in [0, 0.05) is 18.7 Å². The second kappa shape index (κ2) is 4.82. The summed E-state index contributed by atoms with van der Waals surface area (Å²) in [4.78, 5) is 1.94. The van der Waals surface area contributed by atoms with Crippen LogP contribution < -0.4 is 0 Å². The molecule has 0 radical (unpaired) electrons. The van der Waals surface area contributed by atoms with Gasteiger partial charge in [-0.3, -0.25) is 0 Å². The van der Waals surface area contributed by atoms with Gasteiger partial charge < -0.3 is 10.1 Å². The Morgan fingerprint density at radius 3 is 2.20 bits per heavy atom. The summed E-state index contributed by atoms with van der Waals surface area (Å²) in [5, 5.41) is 12.4. The summed E-state index contributed by atoms with van der Waals surface area (Å²) in [7, 11) is 1.92. The zero-order valence-corrected chi connectivity index (χ0v) is 9.73. The Morgan fingerprint density at radius 1 is 1.27 bits per heavy atom. The van der Waals surface area contributed by atoms with E-state index < -0.39 is 0 Å². The van der Waals surface area contributed by atoms with Crippen molar-refractivity contribution in [2.45, 2.75) is 26.8 Å². The maximum Gasteiger partial charge on any atom is 0.175 e. The molecule has 0 saturated carbocycles. The highest BCUT2D eigenvalue weighted by molar-refractivity contribution is 5.98. The van der Waals surface area contributed by atoms with Crippen molar-refractivity contribution in [3.05, 3.63) is 35.4 Å². The SMILES string of the molecule is Cc1ccc(/C(=N\O)N(C)C(C)C)cc1. The zero-order valence-electron chi connectivity index (χ0n) is 9.73. The third-order valence-electron chi connectivity index (χ3n) is 2.51. The van der Waals surface area contributed by atoms with Gasteiger partial charge in [0.25, 0.3) is 0 Å². The number of benzene rings is 1. The van der Waals surface area contributed by atoms with Crippen molar-refractivity contribution < 1.29 is 5.21 Å². The van der Waals surface area contributed by atoms with E-state index in [0.717, 1.165) is 5.56 Å². The molecule has 0 aliphatic heterocycles. The number of hydrogen-bond acceptors (Lipinski definition) is 2. The van der Waals surface area contributed by atoms with Gasteiger partial charge in [0.05, 0.1) is 0 Å². The fourth-order valence-electron chi connectivity index (χ4n) is 1.28. The molecule has 82 valence electrons. The lowest BCUT2D eigenvalue weighted by molar-refractivity contribution is 0.299. The number of oxime groups is 1.